The Hall–Kier alpha value is -0.120. The lowest BCUT2D eigenvalue weighted by Gasteiger charge is -2.16. The molecule has 0 bridgehead atoms. The van der Waals surface area contributed by atoms with Gasteiger partial charge in [0.1, 0.15) is 0 Å². The second-order valence-corrected chi connectivity index (χ2v) is 4.02. The summed E-state index contributed by atoms with van der Waals surface area (Å²) >= 11 is 0. The molecule has 11 heavy (non-hydrogen) atoms. The lowest BCUT2D eigenvalue weighted by molar-refractivity contribution is 0.00210. The molecule has 0 spiro atoms. The smallest absolute Gasteiger partial charge is 0.0923 e. The molecule has 0 unspecified atom stereocenters. The summed E-state index contributed by atoms with van der Waals surface area (Å²) in [4.78, 5) is 0. The highest BCUT2D eigenvalue weighted by atomic mass is 16.5. The number of ether oxygens (including phenoxy) is 1. The Balaban J connectivity index is 2.41. The molecule has 0 aromatic carbocycles. The average Bonchev–Trinajstić information content (AvgIpc) is 2.29. The Morgan fingerprint density at radius 3 is 2.73 bits per heavy atom. The zero-order valence-corrected chi connectivity index (χ0v) is 7.21. The maximum Gasteiger partial charge on any atom is 0.0923 e. The van der Waals surface area contributed by atoms with E-state index in [0.717, 1.165) is 13.0 Å². The fourth-order valence-electron chi connectivity index (χ4n) is 1.39. The molecule has 1 rings (SSSR count). The van der Waals surface area contributed by atoms with Gasteiger partial charge in [0.25, 0.3) is 0 Å². The van der Waals surface area contributed by atoms with E-state index in [1.165, 1.54) is 0 Å². The van der Waals surface area contributed by atoms with Gasteiger partial charge in [0.05, 0.1) is 18.8 Å². The van der Waals surface area contributed by atoms with Gasteiger partial charge in [0.15, 0.2) is 0 Å². The van der Waals surface area contributed by atoms with E-state index in [9.17, 15) is 5.11 Å². The molecule has 0 radical (unpaired) electrons. The molecule has 0 aliphatic carbocycles. The van der Waals surface area contributed by atoms with Crippen molar-refractivity contribution >= 4 is 0 Å². The van der Waals surface area contributed by atoms with E-state index in [0.29, 0.717) is 6.54 Å². The van der Waals surface area contributed by atoms with Crippen LogP contribution in [-0.2, 0) is 4.74 Å². The molecule has 3 heteroatoms. The molecule has 1 aliphatic rings. The van der Waals surface area contributed by atoms with Gasteiger partial charge in [0.2, 0.25) is 0 Å². The zero-order valence-electron chi connectivity index (χ0n) is 7.21. The minimum absolute atomic E-state index is 0.0463. The Morgan fingerprint density at radius 2 is 2.36 bits per heavy atom. The number of nitrogens with two attached hydrogens (primary N) is 1. The van der Waals surface area contributed by atoms with Crippen LogP contribution in [0.1, 0.15) is 20.3 Å². The topological polar surface area (TPSA) is 55.5 Å². The fourth-order valence-corrected chi connectivity index (χ4v) is 1.39. The standard InChI is InChI=1S/C8H17NO2/c1-8(2)3-7(11-5-8)6(10)4-9/h6-7,10H,3-5,9H2,1-2H3/t6-,7-/m0/s1. The van der Waals surface area contributed by atoms with Crippen LogP contribution in [0.3, 0.4) is 0 Å². The van der Waals surface area contributed by atoms with Gasteiger partial charge >= 0.3 is 0 Å². The summed E-state index contributed by atoms with van der Waals surface area (Å²) < 4.78 is 5.39. The number of hydrogen-bond acceptors (Lipinski definition) is 3. The Bertz CT molecular complexity index is 136. The third kappa shape index (κ3) is 2.15. The molecule has 0 saturated carbocycles. The second kappa shape index (κ2) is 3.09. The Morgan fingerprint density at radius 1 is 1.73 bits per heavy atom. The van der Waals surface area contributed by atoms with Crippen molar-refractivity contribution in [2.24, 2.45) is 11.1 Å². The second-order valence-electron chi connectivity index (χ2n) is 4.02. The van der Waals surface area contributed by atoms with E-state index in [2.05, 4.69) is 13.8 Å². The highest BCUT2D eigenvalue weighted by Crippen LogP contribution is 2.32. The molecular weight excluding hydrogens is 142 g/mol. The van der Waals surface area contributed by atoms with Gasteiger partial charge in [-0.05, 0) is 11.8 Å². The molecule has 1 saturated heterocycles. The van der Waals surface area contributed by atoms with Crippen LogP contribution in [0, 0.1) is 5.41 Å². The van der Waals surface area contributed by atoms with E-state index in [4.69, 9.17) is 10.5 Å². The molecule has 2 atom stereocenters. The van der Waals surface area contributed by atoms with Gasteiger partial charge in [-0.15, -0.1) is 0 Å². The summed E-state index contributed by atoms with van der Waals surface area (Å²) in [5, 5.41) is 9.34. The molecular formula is C8H17NO2. The van der Waals surface area contributed by atoms with Crippen molar-refractivity contribution < 1.29 is 9.84 Å². The molecule has 3 nitrogen and oxygen atoms in total. The van der Waals surface area contributed by atoms with Crippen LogP contribution in [0.2, 0.25) is 0 Å². The predicted octanol–water partition coefficient (Wildman–Crippen LogP) is 0.121. The maximum atomic E-state index is 9.34. The van der Waals surface area contributed by atoms with Gasteiger partial charge in [-0.3, -0.25) is 0 Å². The normalized spacial score (nSPS) is 32.2. The molecule has 1 aliphatic heterocycles. The third-order valence-electron chi connectivity index (χ3n) is 2.11. The van der Waals surface area contributed by atoms with Crippen molar-refractivity contribution in [2.75, 3.05) is 13.2 Å². The van der Waals surface area contributed by atoms with E-state index in [1.807, 2.05) is 0 Å². The number of aliphatic hydroxyl groups is 1. The van der Waals surface area contributed by atoms with Crippen LogP contribution in [0.4, 0.5) is 0 Å². The van der Waals surface area contributed by atoms with Crippen LogP contribution < -0.4 is 5.73 Å². The summed E-state index contributed by atoms with van der Waals surface area (Å²) in [5.41, 5.74) is 5.52. The van der Waals surface area contributed by atoms with Gasteiger partial charge in [-0.1, -0.05) is 13.8 Å². The van der Waals surface area contributed by atoms with Crippen molar-refractivity contribution in [1.29, 1.82) is 0 Å². The first-order valence-electron chi connectivity index (χ1n) is 4.05. The molecule has 1 fully saturated rings. The van der Waals surface area contributed by atoms with Crippen LogP contribution in [0.25, 0.3) is 0 Å². The quantitative estimate of drug-likeness (QED) is 0.601. The number of hydrogen-bond donors (Lipinski definition) is 2. The largest absolute Gasteiger partial charge is 0.389 e. The highest BCUT2D eigenvalue weighted by molar-refractivity contribution is 4.84. The lowest BCUT2D eigenvalue weighted by Crippen LogP contribution is -2.33. The summed E-state index contributed by atoms with van der Waals surface area (Å²) in [6, 6.07) is 0. The van der Waals surface area contributed by atoms with E-state index >= 15 is 0 Å². The van der Waals surface area contributed by atoms with Gasteiger partial charge in [0, 0.05) is 6.54 Å². The van der Waals surface area contributed by atoms with E-state index in [1.54, 1.807) is 0 Å². The fraction of sp³-hybridized carbons (Fsp3) is 1.00. The Labute approximate surface area is 67.5 Å². The predicted molar refractivity (Wildman–Crippen MR) is 43.2 cm³/mol. The van der Waals surface area contributed by atoms with E-state index in [-0.39, 0.29) is 11.5 Å². The summed E-state index contributed by atoms with van der Waals surface area (Å²) in [6.07, 6.45) is 0.373. The van der Waals surface area contributed by atoms with Gasteiger partial charge in [-0.2, -0.15) is 0 Å². The molecule has 0 amide bonds. The molecule has 66 valence electrons. The van der Waals surface area contributed by atoms with E-state index < -0.39 is 6.10 Å². The molecule has 3 N–H and O–H groups in total. The third-order valence-corrected chi connectivity index (χ3v) is 2.11. The van der Waals surface area contributed by atoms with Crippen molar-refractivity contribution in [3.05, 3.63) is 0 Å². The number of aliphatic hydroxyl groups excluding tert-OH is 1. The molecule has 0 aromatic rings. The minimum atomic E-state index is -0.489. The highest BCUT2D eigenvalue weighted by Gasteiger charge is 2.35. The van der Waals surface area contributed by atoms with Crippen LogP contribution in [-0.4, -0.2) is 30.5 Å². The van der Waals surface area contributed by atoms with Crippen LogP contribution >= 0.6 is 0 Å². The van der Waals surface area contributed by atoms with Crippen molar-refractivity contribution in [3.63, 3.8) is 0 Å². The first-order valence-corrected chi connectivity index (χ1v) is 4.05. The summed E-state index contributed by atoms with van der Waals surface area (Å²) in [6.45, 7) is 5.29. The van der Waals surface area contributed by atoms with Gasteiger partial charge in [-0.25, -0.2) is 0 Å². The Kier molecular flexibility index (Phi) is 2.52. The van der Waals surface area contributed by atoms with Crippen molar-refractivity contribution in [1.82, 2.24) is 0 Å². The minimum Gasteiger partial charge on any atom is -0.389 e. The monoisotopic (exact) mass is 159 g/mol. The molecule has 0 aromatic heterocycles. The van der Waals surface area contributed by atoms with Crippen molar-refractivity contribution in [3.8, 4) is 0 Å². The van der Waals surface area contributed by atoms with Gasteiger partial charge < -0.3 is 15.6 Å². The zero-order chi connectivity index (χ0) is 8.48. The lowest BCUT2D eigenvalue weighted by atomic mass is 9.89. The van der Waals surface area contributed by atoms with Crippen LogP contribution in [0.15, 0.2) is 0 Å². The summed E-state index contributed by atoms with van der Waals surface area (Å²) in [5.74, 6) is 0. The maximum absolute atomic E-state index is 9.34. The average molecular weight is 159 g/mol. The van der Waals surface area contributed by atoms with Crippen molar-refractivity contribution in [2.45, 2.75) is 32.5 Å². The first kappa shape index (κ1) is 8.97. The first-order chi connectivity index (χ1) is 5.05. The SMILES string of the molecule is CC1(C)CO[C@H]([C@@H](O)CN)C1. The number of rotatable bonds is 2. The summed E-state index contributed by atoms with van der Waals surface area (Å²) in [7, 11) is 0. The molecule has 1 heterocycles. The van der Waals surface area contributed by atoms with Crippen LogP contribution in [0.5, 0.6) is 0 Å².